The number of benzene rings is 2. The lowest BCUT2D eigenvalue weighted by Gasteiger charge is -2.21. The summed E-state index contributed by atoms with van der Waals surface area (Å²) in [5, 5.41) is 2.79. The SMILES string of the molecule is CCN(CC(=O)Nc1ccc2c(c1)OCCO2)C(=O)Cn1c(=O)n(CC)c2ccccc21. The van der Waals surface area contributed by atoms with Crippen LogP contribution in [0.15, 0.2) is 47.3 Å². The Morgan fingerprint density at radius 1 is 1.00 bits per heavy atom. The Morgan fingerprint density at radius 2 is 1.69 bits per heavy atom. The van der Waals surface area contributed by atoms with E-state index in [4.69, 9.17) is 9.47 Å². The molecule has 3 aromatic rings. The Morgan fingerprint density at radius 3 is 2.38 bits per heavy atom. The zero-order valence-electron chi connectivity index (χ0n) is 18.2. The highest BCUT2D eigenvalue weighted by Crippen LogP contribution is 2.32. The van der Waals surface area contributed by atoms with Crippen molar-refractivity contribution < 1.29 is 19.1 Å². The molecule has 0 unspecified atom stereocenters. The number of hydrogen-bond donors (Lipinski definition) is 1. The molecule has 0 fully saturated rings. The van der Waals surface area contributed by atoms with Crippen LogP contribution in [0.2, 0.25) is 0 Å². The average Bonchev–Trinajstić information content (AvgIpc) is 3.07. The standard InChI is InChI=1S/C23H26N4O5/c1-3-25(14-21(28)24-16-9-10-19-20(13-16)32-12-11-31-19)22(29)15-27-18-8-6-5-7-17(18)26(4-2)23(27)30/h5-10,13H,3-4,11-12,14-15H2,1-2H3,(H,24,28). The molecular formula is C23H26N4O5. The molecule has 1 aromatic heterocycles. The van der Waals surface area contributed by atoms with Crippen LogP contribution >= 0.6 is 0 Å². The third kappa shape index (κ3) is 4.18. The summed E-state index contributed by atoms with van der Waals surface area (Å²) < 4.78 is 14.1. The first-order valence-electron chi connectivity index (χ1n) is 10.7. The molecule has 32 heavy (non-hydrogen) atoms. The molecule has 2 aromatic carbocycles. The van der Waals surface area contributed by atoms with E-state index < -0.39 is 0 Å². The van der Waals surface area contributed by atoms with Crippen LogP contribution in [0.25, 0.3) is 11.0 Å². The number of anilines is 1. The van der Waals surface area contributed by atoms with Crippen molar-refractivity contribution in [3.63, 3.8) is 0 Å². The molecule has 0 radical (unpaired) electrons. The number of likely N-dealkylation sites (N-methyl/N-ethyl adjacent to an activating group) is 1. The normalized spacial score (nSPS) is 12.6. The van der Waals surface area contributed by atoms with E-state index in [1.54, 1.807) is 29.7 Å². The van der Waals surface area contributed by atoms with Gasteiger partial charge in [-0.1, -0.05) is 12.1 Å². The zero-order valence-corrected chi connectivity index (χ0v) is 18.2. The topological polar surface area (TPSA) is 94.8 Å². The number of carbonyl (C=O) groups is 2. The van der Waals surface area contributed by atoms with Crippen LogP contribution in [-0.2, 0) is 22.7 Å². The van der Waals surface area contributed by atoms with E-state index in [-0.39, 0.29) is 30.6 Å². The molecule has 9 nitrogen and oxygen atoms in total. The van der Waals surface area contributed by atoms with Gasteiger partial charge in [0.1, 0.15) is 19.8 Å². The molecule has 0 atom stereocenters. The minimum Gasteiger partial charge on any atom is -0.486 e. The highest BCUT2D eigenvalue weighted by molar-refractivity contribution is 5.95. The van der Waals surface area contributed by atoms with Crippen molar-refractivity contribution in [1.29, 1.82) is 0 Å². The molecule has 0 saturated heterocycles. The average molecular weight is 438 g/mol. The van der Waals surface area contributed by atoms with Gasteiger partial charge < -0.3 is 19.7 Å². The highest BCUT2D eigenvalue weighted by atomic mass is 16.6. The van der Waals surface area contributed by atoms with Crippen LogP contribution in [0.4, 0.5) is 5.69 Å². The molecule has 2 heterocycles. The molecule has 0 aliphatic carbocycles. The molecule has 0 saturated carbocycles. The third-order valence-electron chi connectivity index (χ3n) is 5.43. The number of fused-ring (bicyclic) bond motifs is 2. The Hall–Kier alpha value is -3.75. The minimum atomic E-state index is -0.333. The largest absolute Gasteiger partial charge is 0.486 e. The summed E-state index contributed by atoms with van der Waals surface area (Å²) in [6, 6.07) is 12.5. The maximum Gasteiger partial charge on any atom is 0.329 e. The van der Waals surface area contributed by atoms with Crippen molar-refractivity contribution in [3.8, 4) is 11.5 Å². The van der Waals surface area contributed by atoms with E-state index in [0.717, 1.165) is 5.52 Å². The number of hydrogen-bond acceptors (Lipinski definition) is 5. The van der Waals surface area contributed by atoms with E-state index in [9.17, 15) is 14.4 Å². The summed E-state index contributed by atoms with van der Waals surface area (Å²) in [4.78, 5) is 39.8. The number of rotatable bonds is 7. The summed E-state index contributed by atoms with van der Waals surface area (Å²) >= 11 is 0. The van der Waals surface area contributed by atoms with E-state index in [2.05, 4.69) is 5.32 Å². The summed E-state index contributed by atoms with van der Waals surface area (Å²) in [6.07, 6.45) is 0. The highest BCUT2D eigenvalue weighted by Gasteiger charge is 2.20. The zero-order chi connectivity index (χ0) is 22.7. The van der Waals surface area contributed by atoms with Crippen molar-refractivity contribution >= 4 is 28.5 Å². The molecular weight excluding hydrogens is 412 g/mol. The van der Waals surface area contributed by atoms with Gasteiger partial charge in [-0.3, -0.25) is 18.7 Å². The lowest BCUT2D eigenvalue weighted by molar-refractivity contribution is -0.135. The van der Waals surface area contributed by atoms with Gasteiger partial charge >= 0.3 is 5.69 Å². The molecule has 0 spiro atoms. The molecule has 9 heteroatoms. The number of para-hydroxylation sites is 2. The summed E-state index contributed by atoms with van der Waals surface area (Å²) in [6.45, 7) is 5.24. The van der Waals surface area contributed by atoms with Crippen LogP contribution in [-0.4, -0.2) is 52.2 Å². The van der Waals surface area contributed by atoms with Crippen molar-refractivity contribution in [3.05, 3.63) is 52.9 Å². The first-order chi connectivity index (χ1) is 15.5. The Labute approximate surface area is 185 Å². The first kappa shape index (κ1) is 21.5. The number of nitrogens with zero attached hydrogens (tertiary/aromatic N) is 3. The van der Waals surface area contributed by atoms with Gasteiger partial charge in [0.2, 0.25) is 11.8 Å². The van der Waals surface area contributed by atoms with Gasteiger partial charge in [0.05, 0.1) is 17.6 Å². The number of imidazole rings is 1. The van der Waals surface area contributed by atoms with Gasteiger partial charge in [0.25, 0.3) is 0 Å². The van der Waals surface area contributed by atoms with Gasteiger partial charge in [0, 0.05) is 24.8 Å². The molecule has 1 N–H and O–H groups in total. The Kier molecular flexibility index (Phi) is 6.16. The van der Waals surface area contributed by atoms with Crippen LogP contribution in [0.5, 0.6) is 11.5 Å². The second-order valence-corrected chi connectivity index (χ2v) is 7.42. The molecule has 168 valence electrons. The van der Waals surface area contributed by atoms with Gasteiger partial charge in [-0.25, -0.2) is 4.79 Å². The van der Waals surface area contributed by atoms with Gasteiger partial charge in [-0.15, -0.1) is 0 Å². The maximum atomic E-state index is 13.0. The predicted molar refractivity (Wildman–Crippen MR) is 120 cm³/mol. The van der Waals surface area contributed by atoms with Crippen molar-refractivity contribution in [2.75, 3.05) is 31.6 Å². The van der Waals surface area contributed by atoms with Crippen molar-refractivity contribution in [2.24, 2.45) is 0 Å². The van der Waals surface area contributed by atoms with Crippen LogP contribution < -0.4 is 20.5 Å². The number of nitrogens with one attached hydrogen (secondary N) is 1. The second-order valence-electron chi connectivity index (χ2n) is 7.42. The fourth-order valence-corrected chi connectivity index (χ4v) is 3.84. The number of aromatic nitrogens is 2. The molecule has 4 rings (SSSR count). The van der Waals surface area contributed by atoms with Crippen LogP contribution in [0.3, 0.4) is 0 Å². The fourth-order valence-electron chi connectivity index (χ4n) is 3.84. The lowest BCUT2D eigenvalue weighted by atomic mass is 10.2. The van der Waals surface area contributed by atoms with Crippen molar-refractivity contribution in [2.45, 2.75) is 26.9 Å². The second kappa shape index (κ2) is 9.17. The number of ether oxygens (including phenoxy) is 2. The smallest absolute Gasteiger partial charge is 0.329 e. The third-order valence-corrected chi connectivity index (χ3v) is 5.43. The van der Waals surface area contributed by atoms with Crippen LogP contribution in [0, 0.1) is 0 Å². The van der Waals surface area contributed by atoms with Crippen molar-refractivity contribution in [1.82, 2.24) is 14.0 Å². The van der Waals surface area contributed by atoms with E-state index in [1.165, 1.54) is 9.47 Å². The van der Waals surface area contributed by atoms with E-state index in [0.29, 0.717) is 49.0 Å². The van der Waals surface area contributed by atoms with Gasteiger partial charge in [-0.05, 0) is 38.1 Å². The van der Waals surface area contributed by atoms with Gasteiger partial charge in [0.15, 0.2) is 11.5 Å². The van der Waals surface area contributed by atoms with E-state index >= 15 is 0 Å². The monoisotopic (exact) mass is 438 g/mol. The Balaban J connectivity index is 1.46. The molecule has 1 aliphatic heterocycles. The number of carbonyl (C=O) groups excluding carboxylic acids is 2. The first-order valence-corrected chi connectivity index (χ1v) is 10.7. The van der Waals surface area contributed by atoms with E-state index in [1.807, 2.05) is 31.2 Å². The number of aryl methyl sites for hydroxylation is 1. The Bertz CT molecular complexity index is 1210. The molecule has 0 bridgehead atoms. The predicted octanol–water partition coefficient (Wildman–Crippen LogP) is 2.08. The van der Waals surface area contributed by atoms with Gasteiger partial charge in [-0.2, -0.15) is 0 Å². The summed E-state index contributed by atoms with van der Waals surface area (Å²) in [5.74, 6) is 0.576. The summed E-state index contributed by atoms with van der Waals surface area (Å²) in [7, 11) is 0. The molecule has 1 aliphatic rings. The minimum absolute atomic E-state index is 0.120. The van der Waals surface area contributed by atoms with Crippen LogP contribution in [0.1, 0.15) is 13.8 Å². The maximum absolute atomic E-state index is 13.0. The quantitative estimate of drug-likeness (QED) is 0.610. The lowest BCUT2D eigenvalue weighted by Crippen LogP contribution is -2.41. The molecule has 2 amide bonds. The summed E-state index contributed by atoms with van der Waals surface area (Å²) in [5.41, 5.74) is 1.81. The number of amides is 2. The fraction of sp³-hybridized carbons (Fsp3) is 0.348.